The fraction of sp³-hybridized carbons (Fsp3) is 0.286. The van der Waals surface area contributed by atoms with E-state index < -0.39 is 11.9 Å². The Morgan fingerprint density at radius 1 is 1.41 bits per heavy atom. The zero-order valence-corrected chi connectivity index (χ0v) is 14.2. The Balaban J connectivity index is 2.20. The van der Waals surface area contributed by atoms with E-state index in [2.05, 4.69) is 31.0 Å². The molecule has 0 fully saturated rings. The Morgan fingerprint density at radius 3 is 2.91 bits per heavy atom. The first kappa shape index (κ1) is 15.2. The molecule has 0 saturated heterocycles. The summed E-state index contributed by atoms with van der Waals surface area (Å²) in [5, 5.41) is 6.41. The fourth-order valence-electron chi connectivity index (χ4n) is 2.26. The number of hydrazone groups is 1. The molecule has 2 heterocycles. The molecule has 0 amide bonds. The quantitative estimate of drug-likeness (QED) is 0.746. The maximum absolute atomic E-state index is 12.2. The van der Waals surface area contributed by atoms with Crippen molar-refractivity contribution >= 4 is 55.0 Å². The van der Waals surface area contributed by atoms with Gasteiger partial charge in [0.1, 0.15) is 10.3 Å². The lowest BCUT2D eigenvalue weighted by molar-refractivity contribution is -0.143. The number of halogens is 2. The number of aromatic nitrogens is 2. The van der Waals surface area contributed by atoms with Gasteiger partial charge in [0.2, 0.25) is 0 Å². The topological polar surface area (TPSA) is 67.7 Å². The molecule has 0 N–H and O–H groups in total. The highest BCUT2D eigenvalue weighted by Gasteiger charge is 2.36. The number of fused-ring (bicyclic) bond motifs is 2. The van der Waals surface area contributed by atoms with Crippen LogP contribution < -0.4 is 5.01 Å². The van der Waals surface area contributed by atoms with Crippen LogP contribution in [0.15, 0.2) is 23.3 Å². The molecular formula is C14H12BrClN4O2. The molecule has 1 unspecified atom stereocenters. The van der Waals surface area contributed by atoms with Crippen LogP contribution in [-0.2, 0) is 9.53 Å². The van der Waals surface area contributed by atoms with Gasteiger partial charge < -0.3 is 4.74 Å². The number of benzene rings is 1. The minimum absolute atomic E-state index is 0.285. The number of esters is 1. The predicted octanol–water partition coefficient (Wildman–Crippen LogP) is 3.09. The van der Waals surface area contributed by atoms with Gasteiger partial charge in [-0.05, 0) is 41.1 Å². The van der Waals surface area contributed by atoms with Crippen molar-refractivity contribution in [2.75, 3.05) is 18.7 Å². The molecule has 1 atom stereocenters. The van der Waals surface area contributed by atoms with Crippen molar-refractivity contribution in [2.24, 2.45) is 5.10 Å². The smallest absolute Gasteiger partial charge is 0.321 e. The van der Waals surface area contributed by atoms with Gasteiger partial charge in [-0.2, -0.15) is 5.10 Å². The van der Waals surface area contributed by atoms with Gasteiger partial charge in [-0.25, -0.2) is 15.0 Å². The van der Waals surface area contributed by atoms with E-state index in [-0.39, 0.29) is 6.61 Å². The first-order valence-corrected chi connectivity index (χ1v) is 7.80. The second-order valence-corrected chi connectivity index (χ2v) is 5.95. The second kappa shape index (κ2) is 5.81. The van der Waals surface area contributed by atoms with Crippen molar-refractivity contribution in [3.05, 3.63) is 28.9 Å². The van der Waals surface area contributed by atoms with Crippen molar-refractivity contribution in [2.45, 2.75) is 12.8 Å². The van der Waals surface area contributed by atoms with E-state index in [1.807, 2.05) is 0 Å². The Bertz CT molecular complexity index is 796. The number of hydrogen-bond donors (Lipinski definition) is 0. The van der Waals surface area contributed by atoms with Gasteiger partial charge in [-0.15, -0.1) is 0 Å². The van der Waals surface area contributed by atoms with E-state index in [1.165, 1.54) is 0 Å². The number of ether oxygens (including phenoxy) is 1. The van der Waals surface area contributed by atoms with Crippen molar-refractivity contribution in [3.8, 4) is 0 Å². The van der Waals surface area contributed by atoms with Gasteiger partial charge in [0.15, 0.2) is 11.7 Å². The first-order chi connectivity index (χ1) is 10.5. The average molecular weight is 384 g/mol. The zero-order chi connectivity index (χ0) is 15.9. The molecule has 8 heteroatoms. The van der Waals surface area contributed by atoms with E-state index in [1.54, 1.807) is 37.2 Å². The summed E-state index contributed by atoms with van der Waals surface area (Å²) >= 11 is 9.33. The van der Waals surface area contributed by atoms with Crippen LogP contribution >= 0.6 is 27.5 Å². The van der Waals surface area contributed by atoms with E-state index in [0.29, 0.717) is 32.2 Å². The van der Waals surface area contributed by atoms with Crippen molar-refractivity contribution in [1.82, 2.24) is 9.97 Å². The summed E-state index contributed by atoms with van der Waals surface area (Å²) in [6.07, 6.45) is 0. The molecule has 3 rings (SSSR count). The molecule has 0 spiro atoms. The molecule has 2 aromatic rings. The highest BCUT2D eigenvalue weighted by Crippen LogP contribution is 2.34. The fourth-order valence-corrected chi connectivity index (χ4v) is 3.07. The Labute approximate surface area is 140 Å². The van der Waals surface area contributed by atoms with Crippen LogP contribution in [0.3, 0.4) is 0 Å². The first-order valence-electron chi connectivity index (χ1n) is 6.62. The van der Waals surface area contributed by atoms with Crippen molar-refractivity contribution < 1.29 is 9.53 Å². The lowest BCUT2D eigenvalue weighted by Crippen LogP contribution is -2.31. The molecule has 22 heavy (non-hydrogen) atoms. The van der Waals surface area contributed by atoms with Crippen LogP contribution in [-0.4, -0.2) is 34.2 Å². The summed E-state index contributed by atoms with van der Waals surface area (Å²) in [5.74, 6) is -0.610. The number of hydrogen-bond acceptors (Lipinski definition) is 6. The summed E-state index contributed by atoms with van der Waals surface area (Å²) in [6, 6.07) is 5.24. The SMILES string of the molecule is CCOC(=O)C1C(Br)=NN(C)c2nc3ccc(Cl)cc3nc21. The third-order valence-corrected chi connectivity index (χ3v) is 4.07. The zero-order valence-electron chi connectivity index (χ0n) is 11.9. The summed E-state index contributed by atoms with van der Waals surface area (Å²) in [6.45, 7) is 2.04. The molecule has 0 bridgehead atoms. The number of rotatable bonds is 2. The number of carbonyl (C=O) groups is 1. The normalized spacial score (nSPS) is 17.2. The van der Waals surface area contributed by atoms with Gasteiger partial charge in [-0.3, -0.25) is 4.79 Å². The molecule has 1 aliphatic heterocycles. The molecule has 1 aliphatic rings. The molecule has 114 valence electrons. The van der Waals surface area contributed by atoms with Gasteiger partial charge in [0.25, 0.3) is 0 Å². The molecule has 1 aromatic carbocycles. The van der Waals surface area contributed by atoms with Crippen LogP contribution in [0.25, 0.3) is 11.0 Å². The minimum atomic E-state index is -0.720. The van der Waals surface area contributed by atoms with Gasteiger partial charge in [0, 0.05) is 12.1 Å². The molecule has 0 aliphatic carbocycles. The summed E-state index contributed by atoms with van der Waals surface area (Å²) in [5.41, 5.74) is 1.81. The minimum Gasteiger partial charge on any atom is -0.465 e. The van der Waals surface area contributed by atoms with E-state index >= 15 is 0 Å². The maximum atomic E-state index is 12.2. The van der Waals surface area contributed by atoms with E-state index in [0.717, 1.165) is 0 Å². The summed E-state index contributed by atoms with van der Waals surface area (Å²) < 4.78 is 5.56. The van der Waals surface area contributed by atoms with Crippen LogP contribution in [0.4, 0.5) is 5.82 Å². The Morgan fingerprint density at radius 2 is 2.18 bits per heavy atom. The lowest BCUT2D eigenvalue weighted by atomic mass is 10.1. The largest absolute Gasteiger partial charge is 0.465 e. The third-order valence-electron chi connectivity index (χ3n) is 3.22. The molecule has 1 aromatic heterocycles. The van der Waals surface area contributed by atoms with Gasteiger partial charge in [0.05, 0.1) is 17.6 Å². The van der Waals surface area contributed by atoms with Crippen LogP contribution in [0.2, 0.25) is 5.02 Å². The second-order valence-electron chi connectivity index (χ2n) is 4.70. The molecular weight excluding hydrogens is 372 g/mol. The standard InChI is InChI=1S/C14H12BrClN4O2/c1-3-22-14(21)10-11-13(20(2)19-12(10)15)18-8-5-4-7(16)6-9(8)17-11/h4-6,10H,3H2,1-2H3. The highest BCUT2D eigenvalue weighted by atomic mass is 79.9. The lowest BCUT2D eigenvalue weighted by Gasteiger charge is -2.26. The summed E-state index contributed by atoms with van der Waals surface area (Å²) in [4.78, 5) is 21.3. The Kier molecular flexibility index (Phi) is 4.01. The summed E-state index contributed by atoms with van der Waals surface area (Å²) in [7, 11) is 1.75. The Hall–Kier alpha value is -1.73. The predicted molar refractivity (Wildman–Crippen MR) is 88.7 cm³/mol. The van der Waals surface area contributed by atoms with Crippen LogP contribution in [0, 0.1) is 0 Å². The van der Waals surface area contributed by atoms with Crippen molar-refractivity contribution in [3.63, 3.8) is 0 Å². The molecule has 6 nitrogen and oxygen atoms in total. The van der Waals surface area contributed by atoms with Gasteiger partial charge >= 0.3 is 5.97 Å². The van der Waals surface area contributed by atoms with Crippen LogP contribution in [0.1, 0.15) is 18.5 Å². The van der Waals surface area contributed by atoms with E-state index in [9.17, 15) is 4.79 Å². The highest BCUT2D eigenvalue weighted by molar-refractivity contribution is 9.18. The maximum Gasteiger partial charge on any atom is 0.321 e. The number of nitrogens with zero attached hydrogens (tertiary/aromatic N) is 4. The molecule has 0 saturated carbocycles. The number of carbonyl (C=O) groups excluding carboxylic acids is 1. The molecule has 0 radical (unpaired) electrons. The number of anilines is 1. The average Bonchev–Trinajstić information content (AvgIpc) is 2.46. The monoisotopic (exact) mass is 382 g/mol. The van der Waals surface area contributed by atoms with Crippen molar-refractivity contribution in [1.29, 1.82) is 0 Å². The third kappa shape index (κ3) is 2.55. The van der Waals surface area contributed by atoms with Crippen LogP contribution in [0.5, 0.6) is 0 Å². The van der Waals surface area contributed by atoms with Gasteiger partial charge in [-0.1, -0.05) is 11.6 Å². The van der Waals surface area contributed by atoms with E-state index in [4.69, 9.17) is 16.3 Å².